The van der Waals surface area contributed by atoms with Crippen molar-refractivity contribution in [2.75, 3.05) is 11.4 Å². The summed E-state index contributed by atoms with van der Waals surface area (Å²) >= 11 is 0. The van der Waals surface area contributed by atoms with Crippen molar-refractivity contribution >= 4 is 28.5 Å². The number of para-hydroxylation sites is 1. The molecule has 0 spiro atoms. The standard InChI is InChI=1S/C19H24N4O2/c24-17-11-13(19(25)20-14-7-3-1-2-4-8-14)12-23(17)18-15-9-5-6-10-16(15)21-22-18/h5-6,9-10,13-14H,1-4,7-8,11-12H2,(H,20,25)(H,21,22)/t13-/m0/s1. The summed E-state index contributed by atoms with van der Waals surface area (Å²) < 4.78 is 0. The van der Waals surface area contributed by atoms with E-state index in [-0.39, 0.29) is 30.2 Å². The van der Waals surface area contributed by atoms with Gasteiger partial charge in [0.2, 0.25) is 11.8 Å². The Bertz CT molecular complexity index is 777. The third-order valence-electron chi connectivity index (χ3n) is 5.40. The molecule has 2 heterocycles. The zero-order chi connectivity index (χ0) is 17.2. The van der Waals surface area contributed by atoms with Crippen LogP contribution in [-0.2, 0) is 9.59 Å². The average Bonchev–Trinajstić information content (AvgIpc) is 3.11. The highest BCUT2D eigenvalue weighted by molar-refractivity contribution is 6.05. The van der Waals surface area contributed by atoms with E-state index >= 15 is 0 Å². The lowest BCUT2D eigenvalue weighted by atomic mass is 10.0. The summed E-state index contributed by atoms with van der Waals surface area (Å²) in [4.78, 5) is 26.8. The first kappa shape index (κ1) is 16.1. The van der Waals surface area contributed by atoms with Gasteiger partial charge >= 0.3 is 0 Å². The lowest BCUT2D eigenvalue weighted by Crippen LogP contribution is -2.39. The van der Waals surface area contributed by atoms with Gasteiger partial charge < -0.3 is 5.32 Å². The van der Waals surface area contributed by atoms with Crippen molar-refractivity contribution in [1.29, 1.82) is 0 Å². The maximum Gasteiger partial charge on any atom is 0.229 e. The molecule has 2 aromatic rings. The fraction of sp³-hybridized carbons (Fsp3) is 0.526. The van der Waals surface area contributed by atoms with Crippen molar-refractivity contribution in [3.63, 3.8) is 0 Å². The summed E-state index contributed by atoms with van der Waals surface area (Å²) in [6.45, 7) is 0.409. The van der Waals surface area contributed by atoms with E-state index in [0.717, 1.165) is 23.7 Å². The van der Waals surface area contributed by atoms with Crippen LogP contribution in [0.2, 0.25) is 0 Å². The van der Waals surface area contributed by atoms with E-state index < -0.39 is 0 Å². The maximum atomic E-state index is 12.6. The number of H-pyrrole nitrogens is 1. The van der Waals surface area contributed by atoms with E-state index in [2.05, 4.69) is 15.5 Å². The molecular weight excluding hydrogens is 316 g/mol. The number of hydrogen-bond acceptors (Lipinski definition) is 3. The monoisotopic (exact) mass is 340 g/mol. The number of carbonyl (C=O) groups excluding carboxylic acids is 2. The first-order chi connectivity index (χ1) is 12.2. The number of amides is 2. The van der Waals surface area contributed by atoms with Crippen LogP contribution in [0.5, 0.6) is 0 Å². The van der Waals surface area contributed by atoms with Gasteiger partial charge in [-0.25, -0.2) is 0 Å². The number of aromatic amines is 1. The Balaban J connectivity index is 1.45. The largest absolute Gasteiger partial charge is 0.353 e. The van der Waals surface area contributed by atoms with Gasteiger partial charge in [0.15, 0.2) is 5.82 Å². The van der Waals surface area contributed by atoms with Crippen LogP contribution in [0.15, 0.2) is 24.3 Å². The normalized spacial score (nSPS) is 22.3. The van der Waals surface area contributed by atoms with E-state index in [4.69, 9.17) is 0 Å². The van der Waals surface area contributed by atoms with Crippen molar-refractivity contribution in [3.8, 4) is 0 Å². The summed E-state index contributed by atoms with van der Waals surface area (Å²) in [5.74, 6) is 0.331. The minimum absolute atomic E-state index is 0.0163. The summed E-state index contributed by atoms with van der Waals surface area (Å²) in [6, 6.07) is 8.01. The zero-order valence-corrected chi connectivity index (χ0v) is 14.3. The summed E-state index contributed by atoms with van der Waals surface area (Å²) in [5, 5.41) is 11.4. The molecule has 1 aromatic carbocycles. The second kappa shape index (κ2) is 6.86. The highest BCUT2D eigenvalue weighted by Gasteiger charge is 2.37. The Morgan fingerprint density at radius 2 is 1.92 bits per heavy atom. The van der Waals surface area contributed by atoms with Gasteiger partial charge in [0.05, 0.1) is 11.4 Å². The molecule has 1 saturated heterocycles. The number of fused-ring (bicyclic) bond motifs is 1. The number of nitrogens with one attached hydrogen (secondary N) is 2. The molecule has 2 N–H and O–H groups in total. The Hall–Kier alpha value is -2.37. The molecule has 1 atom stereocenters. The molecule has 6 nitrogen and oxygen atoms in total. The molecule has 4 rings (SSSR count). The van der Waals surface area contributed by atoms with Gasteiger partial charge in [-0.05, 0) is 25.0 Å². The predicted molar refractivity (Wildman–Crippen MR) is 96.2 cm³/mol. The van der Waals surface area contributed by atoms with Crippen LogP contribution >= 0.6 is 0 Å². The van der Waals surface area contributed by atoms with E-state index in [0.29, 0.717) is 12.4 Å². The molecule has 0 radical (unpaired) electrons. The Labute approximate surface area is 147 Å². The summed E-state index contributed by atoms with van der Waals surface area (Å²) in [5.41, 5.74) is 0.900. The molecule has 1 aromatic heterocycles. The smallest absolute Gasteiger partial charge is 0.229 e. The van der Waals surface area contributed by atoms with Crippen LogP contribution < -0.4 is 10.2 Å². The van der Waals surface area contributed by atoms with Crippen LogP contribution in [0.4, 0.5) is 5.82 Å². The van der Waals surface area contributed by atoms with Crippen molar-refractivity contribution < 1.29 is 9.59 Å². The molecule has 25 heavy (non-hydrogen) atoms. The van der Waals surface area contributed by atoms with Crippen molar-refractivity contribution in [2.24, 2.45) is 5.92 Å². The fourth-order valence-corrected chi connectivity index (χ4v) is 3.99. The van der Waals surface area contributed by atoms with Crippen molar-refractivity contribution in [3.05, 3.63) is 24.3 Å². The lowest BCUT2D eigenvalue weighted by molar-refractivity contribution is -0.127. The van der Waals surface area contributed by atoms with Crippen molar-refractivity contribution in [1.82, 2.24) is 15.5 Å². The Morgan fingerprint density at radius 1 is 1.16 bits per heavy atom. The lowest BCUT2D eigenvalue weighted by Gasteiger charge is -2.19. The summed E-state index contributed by atoms with van der Waals surface area (Å²) in [7, 11) is 0. The van der Waals surface area contributed by atoms with E-state index in [1.54, 1.807) is 4.90 Å². The molecule has 132 valence electrons. The number of rotatable bonds is 3. The van der Waals surface area contributed by atoms with Gasteiger partial charge in [0, 0.05) is 24.4 Å². The van der Waals surface area contributed by atoms with Crippen LogP contribution in [0.25, 0.3) is 10.9 Å². The van der Waals surface area contributed by atoms with E-state index in [1.807, 2.05) is 24.3 Å². The highest BCUT2D eigenvalue weighted by Crippen LogP contribution is 2.30. The molecule has 2 fully saturated rings. The number of nitrogens with zero attached hydrogens (tertiary/aromatic N) is 2. The zero-order valence-electron chi connectivity index (χ0n) is 14.3. The summed E-state index contributed by atoms with van der Waals surface area (Å²) in [6.07, 6.45) is 7.25. The number of benzene rings is 1. The van der Waals surface area contributed by atoms with Gasteiger partial charge in [-0.1, -0.05) is 37.8 Å². The number of aromatic nitrogens is 2. The van der Waals surface area contributed by atoms with E-state index in [9.17, 15) is 9.59 Å². The molecule has 0 unspecified atom stereocenters. The molecule has 0 bridgehead atoms. The molecule has 2 aliphatic rings. The maximum absolute atomic E-state index is 12.6. The van der Waals surface area contributed by atoms with Crippen LogP contribution in [0.1, 0.15) is 44.9 Å². The highest BCUT2D eigenvalue weighted by atomic mass is 16.2. The molecule has 1 saturated carbocycles. The van der Waals surface area contributed by atoms with Gasteiger partial charge in [-0.15, -0.1) is 0 Å². The Kier molecular flexibility index (Phi) is 4.42. The molecule has 2 amide bonds. The second-order valence-electron chi connectivity index (χ2n) is 7.20. The van der Waals surface area contributed by atoms with E-state index in [1.165, 1.54) is 25.7 Å². The number of hydrogen-bond donors (Lipinski definition) is 2. The first-order valence-electron chi connectivity index (χ1n) is 9.26. The average molecular weight is 340 g/mol. The molecule has 6 heteroatoms. The number of carbonyl (C=O) groups is 2. The fourth-order valence-electron chi connectivity index (χ4n) is 3.99. The predicted octanol–water partition coefficient (Wildman–Crippen LogP) is 2.75. The van der Waals surface area contributed by atoms with Gasteiger partial charge in [0.1, 0.15) is 0 Å². The molecular formula is C19H24N4O2. The SMILES string of the molecule is O=C(NC1CCCCCC1)[C@H]1CC(=O)N(c2n[nH]c3ccccc23)C1. The third-order valence-corrected chi connectivity index (χ3v) is 5.40. The van der Waals surface area contributed by atoms with Crippen LogP contribution in [0.3, 0.4) is 0 Å². The van der Waals surface area contributed by atoms with Crippen LogP contribution in [0, 0.1) is 5.92 Å². The molecule has 1 aliphatic heterocycles. The van der Waals surface area contributed by atoms with Gasteiger partial charge in [-0.2, -0.15) is 5.10 Å². The van der Waals surface area contributed by atoms with Crippen molar-refractivity contribution in [2.45, 2.75) is 51.0 Å². The first-order valence-corrected chi connectivity index (χ1v) is 9.26. The van der Waals surface area contributed by atoms with Crippen LogP contribution in [-0.4, -0.2) is 34.6 Å². The second-order valence-corrected chi connectivity index (χ2v) is 7.20. The number of anilines is 1. The molecule has 1 aliphatic carbocycles. The minimum Gasteiger partial charge on any atom is -0.353 e. The third kappa shape index (κ3) is 3.25. The quantitative estimate of drug-likeness (QED) is 0.843. The Morgan fingerprint density at radius 3 is 2.72 bits per heavy atom. The van der Waals surface area contributed by atoms with Gasteiger partial charge in [0.25, 0.3) is 0 Å². The van der Waals surface area contributed by atoms with Gasteiger partial charge in [-0.3, -0.25) is 19.6 Å². The topological polar surface area (TPSA) is 78.1 Å². The minimum atomic E-state index is -0.286.